The summed E-state index contributed by atoms with van der Waals surface area (Å²) < 4.78 is 4.91. The first kappa shape index (κ1) is 14.6. The third kappa shape index (κ3) is 6.32. The molecule has 1 aromatic carbocycles. The van der Waals surface area contributed by atoms with Crippen LogP contribution in [0, 0.1) is 0 Å². The lowest BCUT2D eigenvalue weighted by atomic mass is 10.1. The van der Waals surface area contributed by atoms with Crippen LogP contribution >= 0.6 is 12.2 Å². The highest BCUT2D eigenvalue weighted by Crippen LogP contribution is 1.98. The highest BCUT2D eigenvalue weighted by Gasteiger charge is 2.04. The van der Waals surface area contributed by atoms with E-state index >= 15 is 0 Å². The maximum atomic E-state index is 11.6. The van der Waals surface area contributed by atoms with Gasteiger partial charge in [0, 0.05) is 20.3 Å². The molecule has 0 aliphatic carbocycles. The summed E-state index contributed by atoms with van der Waals surface area (Å²) >= 11 is 5.01. The Morgan fingerprint density at radius 2 is 2.06 bits per heavy atom. The molecule has 98 valence electrons. The van der Waals surface area contributed by atoms with Crippen molar-refractivity contribution in [1.82, 2.24) is 10.6 Å². The molecule has 0 heterocycles. The van der Waals surface area contributed by atoms with Crippen molar-refractivity contribution in [3.05, 3.63) is 35.9 Å². The highest BCUT2D eigenvalue weighted by molar-refractivity contribution is 7.80. The molecule has 0 radical (unpaired) electrons. The minimum atomic E-state index is -0.106. The van der Waals surface area contributed by atoms with Crippen molar-refractivity contribution in [2.75, 3.05) is 20.3 Å². The fourth-order valence-electron chi connectivity index (χ4n) is 1.41. The molecule has 0 unspecified atom stereocenters. The van der Waals surface area contributed by atoms with Gasteiger partial charge in [0.15, 0.2) is 5.11 Å². The van der Waals surface area contributed by atoms with Crippen LogP contribution < -0.4 is 10.6 Å². The van der Waals surface area contributed by atoms with E-state index in [-0.39, 0.29) is 5.91 Å². The average Bonchev–Trinajstić information content (AvgIpc) is 2.35. The smallest absolute Gasteiger partial charge is 0.230 e. The summed E-state index contributed by atoms with van der Waals surface area (Å²) in [6, 6.07) is 9.56. The quantitative estimate of drug-likeness (QED) is 0.601. The Hall–Kier alpha value is -1.46. The minimum absolute atomic E-state index is 0.106. The van der Waals surface area contributed by atoms with Gasteiger partial charge in [0.2, 0.25) is 5.91 Å². The van der Waals surface area contributed by atoms with Crippen LogP contribution in [0.4, 0.5) is 0 Å². The number of amides is 1. The fourth-order valence-corrected chi connectivity index (χ4v) is 1.63. The fraction of sp³-hybridized carbons (Fsp3) is 0.385. The van der Waals surface area contributed by atoms with E-state index in [9.17, 15) is 4.79 Å². The molecule has 18 heavy (non-hydrogen) atoms. The molecule has 0 fully saturated rings. The van der Waals surface area contributed by atoms with Gasteiger partial charge in [-0.25, -0.2) is 0 Å². The second kappa shape index (κ2) is 8.60. The second-order valence-corrected chi connectivity index (χ2v) is 4.22. The lowest BCUT2D eigenvalue weighted by Crippen LogP contribution is -2.40. The molecule has 1 rings (SSSR count). The number of hydrogen-bond acceptors (Lipinski definition) is 3. The van der Waals surface area contributed by atoms with Crippen LogP contribution in [0.15, 0.2) is 30.3 Å². The number of methoxy groups -OCH3 is 1. The van der Waals surface area contributed by atoms with Gasteiger partial charge in [-0.05, 0) is 24.2 Å². The molecule has 0 saturated heterocycles. The molecular formula is C13H18N2O2S. The molecule has 0 aliphatic rings. The molecule has 2 N–H and O–H groups in total. The molecule has 0 bridgehead atoms. The number of carbonyl (C=O) groups is 1. The van der Waals surface area contributed by atoms with Gasteiger partial charge in [-0.3, -0.25) is 4.79 Å². The summed E-state index contributed by atoms with van der Waals surface area (Å²) in [6.45, 7) is 1.37. The maximum absolute atomic E-state index is 11.6. The first-order valence-corrected chi connectivity index (χ1v) is 6.23. The minimum Gasteiger partial charge on any atom is -0.385 e. The summed E-state index contributed by atoms with van der Waals surface area (Å²) in [6.07, 6.45) is 1.19. The number of benzene rings is 1. The number of ether oxygens (including phenoxy) is 1. The predicted octanol–water partition coefficient (Wildman–Crippen LogP) is 1.26. The van der Waals surface area contributed by atoms with E-state index in [1.165, 1.54) is 0 Å². The Labute approximate surface area is 113 Å². The van der Waals surface area contributed by atoms with Crippen LogP contribution in [-0.4, -0.2) is 31.3 Å². The zero-order valence-corrected chi connectivity index (χ0v) is 11.3. The van der Waals surface area contributed by atoms with Gasteiger partial charge >= 0.3 is 0 Å². The first-order valence-electron chi connectivity index (χ1n) is 5.83. The molecule has 0 aliphatic heterocycles. The summed E-state index contributed by atoms with van der Waals surface area (Å²) in [4.78, 5) is 11.6. The molecule has 0 aromatic heterocycles. The normalized spacial score (nSPS) is 9.83. The van der Waals surface area contributed by atoms with Crippen molar-refractivity contribution in [1.29, 1.82) is 0 Å². The number of rotatable bonds is 6. The average molecular weight is 266 g/mol. The summed E-state index contributed by atoms with van der Waals surface area (Å²) in [7, 11) is 1.65. The second-order valence-electron chi connectivity index (χ2n) is 3.81. The van der Waals surface area contributed by atoms with Crippen LogP contribution in [-0.2, 0) is 16.0 Å². The predicted molar refractivity (Wildman–Crippen MR) is 75.4 cm³/mol. The molecule has 5 heteroatoms. The van der Waals surface area contributed by atoms with Gasteiger partial charge in [-0.1, -0.05) is 30.3 Å². The molecule has 1 amide bonds. The van der Waals surface area contributed by atoms with Crippen molar-refractivity contribution in [3.63, 3.8) is 0 Å². The number of nitrogens with one attached hydrogen (secondary N) is 2. The summed E-state index contributed by atoms with van der Waals surface area (Å²) in [5.41, 5.74) is 0.970. The van der Waals surface area contributed by atoms with E-state index in [1.54, 1.807) is 7.11 Å². The molecule has 0 spiro atoms. The number of hydrogen-bond donors (Lipinski definition) is 2. The van der Waals surface area contributed by atoms with Crippen molar-refractivity contribution >= 4 is 23.2 Å². The number of carbonyl (C=O) groups excluding carboxylic acids is 1. The number of thiocarbonyl (C=S) groups is 1. The van der Waals surface area contributed by atoms with Gasteiger partial charge in [-0.15, -0.1) is 0 Å². The van der Waals surface area contributed by atoms with Gasteiger partial charge in [0.1, 0.15) is 0 Å². The van der Waals surface area contributed by atoms with Crippen molar-refractivity contribution in [3.8, 4) is 0 Å². The van der Waals surface area contributed by atoms with Crippen LogP contribution in [0.5, 0.6) is 0 Å². The van der Waals surface area contributed by atoms with E-state index in [1.807, 2.05) is 30.3 Å². The SMILES string of the molecule is COCCCNC(=S)NC(=O)Cc1ccccc1. The van der Waals surface area contributed by atoms with Crippen LogP contribution in [0.25, 0.3) is 0 Å². The standard InChI is InChI=1S/C13H18N2O2S/c1-17-9-5-8-14-13(18)15-12(16)10-11-6-3-2-4-7-11/h2-4,6-7H,5,8-10H2,1H3,(H2,14,15,16,18). The first-order chi connectivity index (χ1) is 8.72. The lowest BCUT2D eigenvalue weighted by Gasteiger charge is -2.09. The molecule has 1 aromatic rings. The van der Waals surface area contributed by atoms with Gasteiger partial charge < -0.3 is 15.4 Å². The Morgan fingerprint density at radius 1 is 1.33 bits per heavy atom. The van der Waals surface area contributed by atoms with E-state index < -0.39 is 0 Å². The van der Waals surface area contributed by atoms with Gasteiger partial charge in [-0.2, -0.15) is 0 Å². The van der Waals surface area contributed by atoms with Gasteiger partial charge in [0.05, 0.1) is 6.42 Å². The van der Waals surface area contributed by atoms with Crippen molar-refractivity contribution < 1.29 is 9.53 Å². The van der Waals surface area contributed by atoms with Crippen molar-refractivity contribution in [2.45, 2.75) is 12.8 Å². The third-order valence-corrected chi connectivity index (χ3v) is 2.52. The van der Waals surface area contributed by atoms with Gasteiger partial charge in [0.25, 0.3) is 0 Å². The zero-order valence-electron chi connectivity index (χ0n) is 10.4. The van der Waals surface area contributed by atoms with Crippen LogP contribution in [0.3, 0.4) is 0 Å². The van der Waals surface area contributed by atoms with E-state index in [4.69, 9.17) is 17.0 Å². The van der Waals surface area contributed by atoms with E-state index in [0.717, 1.165) is 12.0 Å². The zero-order chi connectivity index (χ0) is 13.2. The Kier molecular flexibility index (Phi) is 6.98. The Balaban J connectivity index is 2.21. The molecule has 0 atom stereocenters. The van der Waals surface area contributed by atoms with E-state index in [0.29, 0.717) is 24.7 Å². The summed E-state index contributed by atoms with van der Waals surface area (Å²) in [5, 5.41) is 5.97. The lowest BCUT2D eigenvalue weighted by molar-refractivity contribution is -0.119. The molecule has 0 saturated carbocycles. The van der Waals surface area contributed by atoms with Crippen LogP contribution in [0.2, 0.25) is 0 Å². The Morgan fingerprint density at radius 3 is 2.72 bits per heavy atom. The monoisotopic (exact) mass is 266 g/mol. The maximum Gasteiger partial charge on any atom is 0.230 e. The largest absolute Gasteiger partial charge is 0.385 e. The van der Waals surface area contributed by atoms with E-state index in [2.05, 4.69) is 10.6 Å². The molecule has 4 nitrogen and oxygen atoms in total. The topological polar surface area (TPSA) is 50.4 Å². The third-order valence-electron chi connectivity index (χ3n) is 2.27. The van der Waals surface area contributed by atoms with Crippen LogP contribution in [0.1, 0.15) is 12.0 Å². The molecular weight excluding hydrogens is 248 g/mol. The Bertz CT molecular complexity index is 382. The summed E-state index contributed by atoms with van der Waals surface area (Å²) in [5.74, 6) is -0.106. The van der Waals surface area contributed by atoms with Crippen molar-refractivity contribution in [2.24, 2.45) is 0 Å². The highest BCUT2D eigenvalue weighted by atomic mass is 32.1.